The molecule has 9 heteroatoms. The van der Waals surface area contributed by atoms with Crippen LogP contribution in [-0.4, -0.2) is 27.1 Å². The normalized spacial score (nSPS) is 11.2. The molecule has 0 unspecified atom stereocenters. The van der Waals surface area contributed by atoms with E-state index in [1.165, 1.54) is 36.4 Å². The Hall–Kier alpha value is -3.62. The highest BCUT2D eigenvalue weighted by Gasteiger charge is 2.18. The minimum Gasteiger partial charge on any atom is -0.352 e. The summed E-state index contributed by atoms with van der Waals surface area (Å²) in [7, 11) is 0. The van der Waals surface area contributed by atoms with Gasteiger partial charge in [-0.25, -0.2) is 13.2 Å². The molecule has 2 aromatic carbocycles. The van der Waals surface area contributed by atoms with Crippen molar-refractivity contribution in [3.63, 3.8) is 0 Å². The lowest BCUT2D eigenvalue weighted by Crippen LogP contribution is -2.46. The minimum absolute atomic E-state index is 0.159. The van der Waals surface area contributed by atoms with Gasteiger partial charge < -0.3 is 10.3 Å². The predicted molar refractivity (Wildman–Crippen MR) is 104 cm³/mol. The number of amides is 1. The van der Waals surface area contributed by atoms with Crippen LogP contribution in [0.25, 0.3) is 27.8 Å². The summed E-state index contributed by atoms with van der Waals surface area (Å²) in [5.41, 5.74) is 2.27. The summed E-state index contributed by atoms with van der Waals surface area (Å²) >= 11 is 0. The first-order chi connectivity index (χ1) is 14.3. The van der Waals surface area contributed by atoms with Gasteiger partial charge in [0.05, 0.1) is 12.1 Å². The molecule has 0 spiro atoms. The molecule has 0 aliphatic heterocycles. The molecular formula is C21H19F3N5O+. The van der Waals surface area contributed by atoms with E-state index in [9.17, 15) is 18.0 Å². The van der Waals surface area contributed by atoms with Crippen LogP contribution in [0, 0.1) is 24.4 Å². The molecule has 0 aliphatic rings. The molecule has 4 rings (SSSR count). The summed E-state index contributed by atoms with van der Waals surface area (Å²) < 4.78 is 45.7. The van der Waals surface area contributed by atoms with Gasteiger partial charge in [-0.1, -0.05) is 0 Å². The molecule has 2 aromatic heterocycles. The molecule has 0 atom stereocenters. The third-order valence-electron chi connectivity index (χ3n) is 4.93. The van der Waals surface area contributed by atoms with Crippen molar-refractivity contribution in [1.82, 2.24) is 20.0 Å². The molecule has 0 bridgehead atoms. The van der Waals surface area contributed by atoms with Crippen LogP contribution >= 0.6 is 0 Å². The lowest BCUT2D eigenvalue weighted by Gasteiger charge is -2.09. The highest BCUT2D eigenvalue weighted by molar-refractivity contribution is 5.91. The van der Waals surface area contributed by atoms with Crippen molar-refractivity contribution in [2.45, 2.75) is 20.4 Å². The monoisotopic (exact) mass is 414 g/mol. The number of hydrogen-bond acceptors (Lipinski definition) is 2. The van der Waals surface area contributed by atoms with Gasteiger partial charge in [0.1, 0.15) is 23.9 Å². The van der Waals surface area contributed by atoms with Crippen LogP contribution in [0.5, 0.6) is 0 Å². The van der Waals surface area contributed by atoms with Crippen molar-refractivity contribution in [2.75, 3.05) is 6.54 Å². The van der Waals surface area contributed by atoms with Gasteiger partial charge in [-0.3, -0.25) is 4.79 Å². The van der Waals surface area contributed by atoms with E-state index in [1.807, 2.05) is 0 Å². The lowest BCUT2D eigenvalue weighted by molar-refractivity contribution is -0.766. The van der Waals surface area contributed by atoms with E-state index in [0.717, 1.165) is 6.07 Å². The molecule has 0 aliphatic carbocycles. The van der Waals surface area contributed by atoms with E-state index in [-0.39, 0.29) is 17.1 Å². The first kappa shape index (κ1) is 19.7. The van der Waals surface area contributed by atoms with Crippen molar-refractivity contribution >= 4 is 16.8 Å². The Bertz CT molecular complexity index is 1260. The van der Waals surface area contributed by atoms with Crippen LogP contribution < -0.4 is 10.00 Å². The van der Waals surface area contributed by atoms with Crippen molar-refractivity contribution in [3.05, 3.63) is 66.0 Å². The van der Waals surface area contributed by atoms with E-state index in [2.05, 4.69) is 15.3 Å². The molecule has 30 heavy (non-hydrogen) atoms. The number of aromatic amines is 1. The summed E-state index contributed by atoms with van der Waals surface area (Å²) in [6.45, 7) is 3.92. The molecule has 0 radical (unpaired) electrons. The van der Waals surface area contributed by atoms with Gasteiger partial charge in [-0.2, -0.15) is 0 Å². The zero-order chi connectivity index (χ0) is 21.4. The topological polar surface area (TPSA) is 66.6 Å². The fourth-order valence-electron chi connectivity index (χ4n) is 3.49. The van der Waals surface area contributed by atoms with E-state index in [1.54, 1.807) is 23.7 Å². The Morgan fingerprint density at radius 3 is 2.77 bits per heavy atom. The number of carbonyl (C=O) groups excluding carboxylic acids is 1. The van der Waals surface area contributed by atoms with Crippen LogP contribution in [0.1, 0.15) is 12.5 Å². The van der Waals surface area contributed by atoms with Crippen LogP contribution in [0.4, 0.5) is 13.2 Å². The highest BCUT2D eigenvalue weighted by Crippen LogP contribution is 2.32. The van der Waals surface area contributed by atoms with Gasteiger partial charge in [-0.15, -0.1) is 9.36 Å². The number of aryl methyl sites for hydroxylation is 1. The Balaban J connectivity index is 1.76. The number of benzene rings is 2. The lowest BCUT2D eigenvalue weighted by atomic mass is 10.1. The maximum atomic E-state index is 14.6. The van der Waals surface area contributed by atoms with E-state index >= 15 is 0 Å². The zero-order valence-electron chi connectivity index (χ0n) is 16.3. The maximum absolute atomic E-state index is 14.6. The van der Waals surface area contributed by atoms with E-state index < -0.39 is 17.5 Å². The first-order valence-electron chi connectivity index (χ1n) is 9.29. The quantitative estimate of drug-likeness (QED) is 0.493. The summed E-state index contributed by atoms with van der Waals surface area (Å²) in [5.74, 6) is -1.98. The molecule has 2 heterocycles. The highest BCUT2D eigenvalue weighted by atomic mass is 19.1. The summed E-state index contributed by atoms with van der Waals surface area (Å²) in [6.07, 6.45) is 2.99. The molecule has 0 saturated carbocycles. The summed E-state index contributed by atoms with van der Waals surface area (Å²) in [5, 5.41) is 3.11. The number of fused-ring (bicyclic) bond motifs is 1. The third kappa shape index (κ3) is 3.54. The van der Waals surface area contributed by atoms with E-state index in [4.69, 9.17) is 0 Å². The van der Waals surface area contributed by atoms with Crippen LogP contribution in [0.15, 0.2) is 43.0 Å². The minimum atomic E-state index is -0.688. The van der Waals surface area contributed by atoms with Crippen molar-refractivity contribution < 1.29 is 22.6 Å². The molecule has 4 aromatic rings. The maximum Gasteiger partial charge on any atom is 0.307 e. The smallest absolute Gasteiger partial charge is 0.307 e. The van der Waals surface area contributed by atoms with Crippen molar-refractivity contribution in [2.24, 2.45) is 0 Å². The Kier molecular flexibility index (Phi) is 5.03. The molecule has 0 saturated heterocycles. The van der Waals surface area contributed by atoms with Crippen molar-refractivity contribution in [1.29, 1.82) is 0 Å². The molecule has 2 N–H and O–H groups in total. The molecule has 6 nitrogen and oxygen atoms in total. The number of rotatable bonds is 5. The number of hydrogen-bond donors (Lipinski definition) is 2. The van der Waals surface area contributed by atoms with Gasteiger partial charge >= 0.3 is 6.33 Å². The molecular weight excluding hydrogens is 395 g/mol. The summed E-state index contributed by atoms with van der Waals surface area (Å²) in [6, 6.07) is 6.58. The number of H-pyrrole nitrogens is 1. The zero-order valence-corrected chi connectivity index (χ0v) is 16.3. The fraction of sp³-hybridized carbons (Fsp3) is 0.190. The Morgan fingerprint density at radius 1 is 1.20 bits per heavy atom. The number of carbonyl (C=O) groups is 1. The summed E-state index contributed by atoms with van der Waals surface area (Å²) in [4.78, 5) is 18.1. The molecule has 0 fully saturated rings. The standard InChI is InChI=1S/C21H18F3N5O/c1-12-16-8-15(22)9-18(24)21(16)27-20(12)14-3-4-17(23)19(7-14)29-11-25-10-28(29)6-5-26-13(2)30/h3-4,7-11,27H,5-6H2,1-2H3/p+1. The van der Waals surface area contributed by atoms with Gasteiger partial charge in [0.15, 0.2) is 5.82 Å². The van der Waals surface area contributed by atoms with Crippen molar-refractivity contribution in [3.8, 4) is 16.9 Å². The third-order valence-corrected chi connectivity index (χ3v) is 4.93. The number of nitrogens with one attached hydrogen (secondary N) is 2. The SMILES string of the molecule is CC(=O)NCC[n+]1cncn1-c1cc(-c2[nH]c3c(F)cc(F)cc3c2C)ccc1F. The molecule has 154 valence electrons. The van der Waals surface area contributed by atoms with Crippen LogP contribution in [0.3, 0.4) is 0 Å². The van der Waals surface area contributed by atoms with Gasteiger partial charge in [0.2, 0.25) is 12.2 Å². The van der Waals surface area contributed by atoms with E-state index in [0.29, 0.717) is 35.3 Å². The van der Waals surface area contributed by atoms with Gasteiger partial charge in [0.25, 0.3) is 0 Å². The van der Waals surface area contributed by atoms with Gasteiger partial charge in [0, 0.05) is 29.6 Å². The second kappa shape index (κ2) is 7.66. The number of halogens is 3. The second-order valence-corrected chi connectivity index (χ2v) is 6.97. The first-order valence-corrected chi connectivity index (χ1v) is 9.29. The largest absolute Gasteiger partial charge is 0.352 e. The van der Waals surface area contributed by atoms with Gasteiger partial charge in [-0.05, 0) is 41.7 Å². The Labute approximate surface area is 170 Å². The molecule has 1 amide bonds. The van der Waals surface area contributed by atoms with Crippen LogP contribution in [-0.2, 0) is 11.3 Å². The average Bonchev–Trinajstić information content (AvgIpc) is 3.27. The Morgan fingerprint density at radius 2 is 2.00 bits per heavy atom. The van der Waals surface area contributed by atoms with Crippen LogP contribution in [0.2, 0.25) is 0 Å². The number of aromatic nitrogens is 4. The average molecular weight is 414 g/mol. The predicted octanol–water partition coefficient (Wildman–Crippen LogP) is 3.17. The fourth-order valence-corrected chi connectivity index (χ4v) is 3.49. The number of nitrogens with zero attached hydrogens (tertiary/aromatic N) is 3. The second-order valence-electron chi connectivity index (χ2n) is 6.97.